The van der Waals surface area contributed by atoms with Crippen molar-refractivity contribution in [1.82, 2.24) is 15.1 Å². The van der Waals surface area contributed by atoms with Gasteiger partial charge in [-0.2, -0.15) is 0 Å². The third kappa shape index (κ3) is 2.72. The summed E-state index contributed by atoms with van der Waals surface area (Å²) in [7, 11) is 4.21. The van der Waals surface area contributed by atoms with E-state index in [2.05, 4.69) is 36.1 Å². The molecule has 4 heteroatoms. The molecule has 2 saturated carbocycles. The van der Waals surface area contributed by atoms with Crippen molar-refractivity contribution >= 4 is 5.91 Å². The number of likely N-dealkylation sites (N-methyl/N-ethyl adjacent to an activating group) is 1. The third-order valence-electron chi connectivity index (χ3n) is 6.08. The molecule has 3 rings (SSSR count). The number of rotatable bonds is 4. The van der Waals surface area contributed by atoms with Gasteiger partial charge in [-0.15, -0.1) is 0 Å². The smallest absolute Gasteiger partial charge is 0.244 e. The number of nitrogens with one attached hydrogen (secondary N) is 1. The third-order valence-corrected chi connectivity index (χ3v) is 6.08. The van der Waals surface area contributed by atoms with E-state index in [0.717, 1.165) is 19.4 Å². The van der Waals surface area contributed by atoms with E-state index in [1.165, 1.54) is 38.5 Å². The lowest BCUT2D eigenvalue weighted by molar-refractivity contribution is -0.134. The first kappa shape index (κ1) is 15.3. The molecule has 1 saturated heterocycles. The maximum absolute atomic E-state index is 13.1. The highest BCUT2D eigenvalue weighted by Gasteiger charge is 2.54. The second kappa shape index (κ2) is 5.88. The molecule has 1 N–H and O–H groups in total. The maximum Gasteiger partial charge on any atom is 0.244 e. The fourth-order valence-corrected chi connectivity index (χ4v) is 4.45. The molecule has 2 unspecified atom stereocenters. The van der Waals surface area contributed by atoms with Gasteiger partial charge in [0.05, 0.1) is 11.7 Å². The second-order valence-electron chi connectivity index (χ2n) is 7.69. The second-order valence-corrected chi connectivity index (χ2v) is 7.69. The molecule has 1 aliphatic heterocycles. The Morgan fingerprint density at radius 2 is 1.86 bits per heavy atom. The highest BCUT2D eigenvalue weighted by atomic mass is 16.2. The number of nitrogens with zero attached hydrogens (tertiary/aromatic N) is 2. The lowest BCUT2D eigenvalue weighted by Crippen LogP contribution is -2.47. The van der Waals surface area contributed by atoms with E-state index in [0.29, 0.717) is 24.0 Å². The molecule has 21 heavy (non-hydrogen) atoms. The van der Waals surface area contributed by atoms with Gasteiger partial charge in [0.2, 0.25) is 5.91 Å². The zero-order valence-electron chi connectivity index (χ0n) is 13.9. The molecule has 2 aliphatic carbocycles. The highest BCUT2D eigenvalue weighted by Crippen LogP contribution is 2.41. The monoisotopic (exact) mass is 293 g/mol. The standard InChI is InChI=1S/C17H31N3O/c1-13(19(2)3)12-20-15(14-8-4-5-9-14)18-17(16(20)21)10-6-7-11-17/h13-15,18H,4-12H2,1-3H3. The number of hydrogen-bond donors (Lipinski definition) is 1. The van der Waals surface area contributed by atoms with Crippen LogP contribution in [0.5, 0.6) is 0 Å². The van der Waals surface area contributed by atoms with Crippen LogP contribution in [0.15, 0.2) is 0 Å². The van der Waals surface area contributed by atoms with E-state index in [-0.39, 0.29) is 5.54 Å². The van der Waals surface area contributed by atoms with Gasteiger partial charge in [-0.25, -0.2) is 0 Å². The van der Waals surface area contributed by atoms with Crippen molar-refractivity contribution in [3.8, 4) is 0 Å². The van der Waals surface area contributed by atoms with Gasteiger partial charge in [-0.1, -0.05) is 25.7 Å². The van der Waals surface area contributed by atoms with Crippen LogP contribution in [0.2, 0.25) is 0 Å². The predicted molar refractivity (Wildman–Crippen MR) is 84.9 cm³/mol. The molecular formula is C17H31N3O. The van der Waals surface area contributed by atoms with Gasteiger partial charge in [0, 0.05) is 12.6 Å². The number of carbonyl (C=O) groups excluding carboxylic acids is 1. The van der Waals surface area contributed by atoms with Crippen molar-refractivity contribution in [3.63, 3.8) is 0 Å². The first-order valence-corrected chi connectivity index (χ1v) is 8.79. The summed E-state index contributed by atoms with van der Waals surface area (Å²) in [6.07, 6.45) is 10.0. The Hall–Kier alpha value is -0.610. The topological polar surface area (TPSA) is 35.6 Å². The fraction of sp³-hybridized carbons (Fsp3) is 0.941. The summed E-state index contributed by atoms with van der Waals surface area (Å²) in [6.45, 7) is 3.08. The Bertz CT molecular complexity index is 383. The number of carbonyl (C=O) groups is 1. The summed E-state index contributed by atoms with van der Waals surface area (Å²) in [4.78, 5) is 17.5. The normalized spacial score (nSPS) is 31.0. The minimum absolute atomic E-state index is 0.209. The van der Waals surface area contributed by atoms with Crippen molar-refractivity contribution in [2.75, 3.05) is 20.6 Å². The van der Waals surface area contributed by atoms with Crippen molar-refractivity contribution < 1.29 is 4.79 Å². The van der Waals surface area contributed by atoms with Gasteiger partial charge in [0.25, 0.3) is 0 Å². The lowest BCUT2D eigenvalue weighted by atomic mass is 9.97. The minimum atomic E-state index is -0.209. The average Bonchev–Trinajstić information content (AvgIpc) is 3.16. The molecule has 1 heterocycles. The van der Waals surface area contributed by atoms with Crippen molar-refractivity contribution in [2.24, 2.45) is 5.92 Å². The van der Waals surface area contributed by atoms with Crippen LogP contribution in [0.1, 0.15) is 58.3 Å². The quantitative estimate of drug-likeness (QED) is 0.863. The summed E-state index contributed by atoms with van der Waals surface area (Å²) in [5.41, 5.74) is -0.209. The molecule has 0 aromatic rings. The van der Waals surface area contributed by atoms with Gasteiger partial charge in [-0.3, -0.25) is 10.1 Å². The van der Waals surface area contributed by atoms with Gasteiger partial charge in [0.15, 0.2) is 0 Å². The Balaban J connectivity index is 1.79. The summed E-state index contributed by atoms with van der Waals surface area (Å²) in [5, 5.41) is 3.81. The number of hydrogen-bond acceptors (Lipinski definition) is 3. The van der Waals surface area contributed by atoms with Crippen LogP contribution < -0.4 is 5.32 Å². The SMILES string of the molecule is CC(CN1C(=O)C2(CCCC2)NC1C1CCCC1)N(C)C. The van der Waals surface area contributed by atoms with E-state index < -0.39 is 0 Å². The van der Waals surface area contributed by atoms with Crippen LogP contribution in [0, 0.1) is 5.92 Å². The Morgan fingerprint density at radius 1 is 1.24 bits per heavy atom. The number of amides is 1. The van der Waals surface area contributed by atoms with Crippen LogP contribution in [0.25, 0.3) is 0 Å². The molecular weight excluding hydrogens is 262 g/mol. The maximum atomic E-state index is 13.1. The van der Waals surface area contributed by atoms with Crippen LogP contribution in [-0.2, 0) is 4.79 Å². The van der Waals surface area contributed by atoms with E-state index >= 15 is 0 Å². The molecule has 3 aliphatic rings. The molecule has 0 aromatic heterocycles. The Labute approximate surface area is 129 Å². The molecule has 0 radical (unpaired) electrons. The average molecular weight is 293 g/mol. The zero-order chi connectivity index (χ0) is 15.0. The Kier molecular flexibility index (Phi) is 4.28. The lowest BCUT2D eigenvalue weighted by Gasteiger charge is -2.33. The Morgan fingerprint density at radius 3 is 2.43 bits per heavy atom. The molecule has 3 fully saturated rings. The fourth-order valence-electron chi connectivity index (χ4n) is 4.45. The molecule has 1 amide bonds. The van der Waals surface area contributed by atoms with Crippen molar-refractivity contribution in [2.45, 2.75) is 76.0 Å². The zero-order valence-corrected chi connectivity index (χ0v) is 13.9. The van der Waals surface area contributed by atoms with Crippen molar-refractivity contribution in [3.05, 3.63) is 0 Å². The molecule has 2 atom stereocenters. The largest absolute Gasteiger partial charge is 0.324 e. The van der Waals surface area contributed by atoms with Gasteiger partial charge >= 0.3 is 0 Å². The van der Waals surface area contributed by atoms with Crippen molar-refractivity contribution in [1.29, 1.82) is 0 Å². The summed E-state index contributed by atoms with van der Waals surface area (Å²) < 4.78 is 0. The molecule has 4 nitrogen and oxygen atoms in total. The van der Waals surface area contributed by atoms with E-state index in [4.69, 9.17) is 0 Å². The minimum Gasteiger partial charge on any atom is -0.324 e. The molecule has 0 aromatic carbocycles. The predicted octanol–water partition coefficient (Wildman–Crippen LogP) is 2.20. The molecule has 120 valence electrons. The summed E-state index contributed by atoms with van der Waals surface area (Å²) in [5.74, 6) is 1.06. The molecule has 1 spiro atoms. The first-order chi connectivity index (χ1) is 10.0. The van der Waals surface area contributed by atoms with Gasteiger partial charge in [-0.05, 0) is 52.6 Å². The van der Waals surface area contributed by atoms with Gasteiger partial charge < -0.3 is 9.80 Å². The molecule has 0 bridgehead atoms. The van der Waals surface area contributed by atoms with Gasteiger partial charge in [0.1, 0.15) is 0 Å². The van der Waals surface area contributed by atoms with E-state index in [1.807, 2.05) is 0 Å². The van der Waals surface area contributed by atoms with E-state index in [1.54, 1.807) is 0 Å². The van der Waals surface area contributed by atoms with Crippen LogP contribution in [0.4, 0.5) is 0 Å². The first-order valence-electron chi connectivity index (χ1n) is 8.79. The summed E-state index contributed by atoms with van der Waals surface area (Å²) in [6, 6.07) is 0.413. The van der Waals surface area contributed by atoms with Crippen LogP contribution >= 0.6 is 0 Å². The van der Waals surface area contributed by atoms with E-state index in [9.17, 15) is 4.79 Å². The van der Waals surface area contributed by atoms with Crippen LogP contribution in [-0.4, -0.2) is 54.1 Å². The van der Waals surface area contributed by atoms with Crippen LogP contribution in [0.3, 0.4) is 0 Å². The highest BCUT2D eigenvalue weighted by molar-refractivity contribution is 5.89. The summed E-state index contributed by atoms with van der Waals surface area (Å²) >= 11 is 0.